The molecule has 0 aromatic heterocycles. The molecule has 0 aromatic carbocycles. The minimum atomic E-state index is -1.33. The normalized spacial score (nSPS) is 59.8. The molecular formula is C35H58O9. The van der Waals surface area contributed by atoms with Crippen molar-refractivity contribution in [3.63, 3.8) is 0 Å². The minimum Gasteiger partial charge on any atom is -0.393 e. The molecule has 0 radical (unpaired) electrons. The molecule has 9 heteroatoms. The highest BCUT2D eigenvalue weighted by molar-refractivity contribution is 5.33. The second-order valence-corrected chi connectivity index (χ2v) is 18.3. The highest BCUT2D eigenvalue weighted by atomic mass is 16.7. The minimum absolute atomic E-state index is 0.00753. The van der Waals surface area contributed by atoms with Crippen LogP contribution in [0.25, 0.3) is 0 Å². The van der Waals surface area contributed by atoms with Gasteiger partial charge in [-0.05, 0) is 117 Å². The van der Waals surface area contributed by atoms with Crippen molar-refractivity contribution in [2.24, 2.45) is 44.8 Å². The summed E-state index contributed by atoms with van der Waals surface area (Å²) in [7, 11) is 0. The zero-order valence-corrected chi connectivity index (χ0v) is 27.8. The lowest BCUT2D eigenvalue weighted by atomic mass is 9.41. The number of aliphatic hydroxyl groups excluding tert-OH is 5. The molecule has 44 heavy (non-hydrogen) atoms. The Morgan fingerprint density at radius 3 is 2.11 bits per heavy atom. The summed E-state index contributed by atoms with van der Waals surface area (Å²) in [5, 5.41) is 65.5. The molecule has 2 aliphatic heterocycles. The van der Waals surface area contributed by atoms with Gasteiger partial charge in [0.2, 0.25) is 0 Å². The zero-order chi connectivity index (χ0) is 32.0. The molecule has 7 fully saturated rings. The van der Waals surface area contributed by atoms with Gasteiger partial charge in [0.05, 0.1) is 42.2 Å². The van der Waals surface area contributed by atoms with Gasteiger partial charge in [0.1, 0.15) is 18.3 Å². The van der Waals surface area contributed by atoms with E-state index >= 15 is 0 Å². The van der Waals surface area contributed by atoms with Crippen molar-refractivity contribution in [3.05, 3.63) is 0 Å². The largest absolute Gasteiger partial charge is 0.393 e. The summed E-state index contributed by atoms with van der Waals surface area (Å²) in [5.74, 6) is 0.285. The smallest absolute Gasteiger partial charge is 0.186 e. The Hall–Kier alpha value is -0.360. The van der Waals surface area contributed by atoms with E-state index in [0.29, 0.717) is 18.8 Å². The number of fused-ring (bicyclic) bond motifs is 2. The van der Waals surface area contributed by atoms with E-state index in [2.05, 4.69) is 34.6 Å². The van der Waals surface area contributed by atoms with Crippen molar-refractivity contribution in [1.82, 2.24) is 0 Å². The first kappa shape index (κ1) is 32.2. The Kier molecular flexibility index (Phi) is 7.04. The third-order valence-electron chi connectivity index (χ3n) is 15.5. The van der Waals surface area contributed by atoms with Gasteiger partial charge in [-0.15, -0.1) is 0 Å². The first-order valence-corrected chi connectivity index (χ1v) is 17.4. The van der Waals surface area contributed by atoms with Gasteiger partial charge in [-0.3, -0.25) is 0 Å². The highest BCUT2D eigenvalue weighted by Crippen LogP contribution is 2.89. The number of hydrogen-bond acceptors (Lipinski definition) is 9. The van der Waals surface area contributed by atoms with Gasteiger partial charge in [-0.2, -0.15) is 0 Å². The number of aliphatic hydroxyl groups is 6. The maximum atomic E-state index is 12.1. The average Bonchev–Trinajstić information content (AvgIpc) is 3.27. The maximum Gasteiger partial charge on any atom is 0.186 e. The molecule has 10 unspecified atom stereocenters. The molecule has 16 atom stereocenters. The second-order valence-electron chi connectivity index (χ2n) is 18.3. The summed E-state index contributed by atoms with van der Waals surface area (Å²) in [6.45, 7) is 14.8. The van der Waals surface area contributed by atoms with Gasteiger partial charge in [0, 0.05) is 5.92 Å². The van der Waals surface area contributed by atoms with Gasteiger partial charge in [-0.1, -0.05) is 27.7 Å². The van der Waals surface area contributed by atoms with E-state index in [4.69, 9.17) is 14.2 Å². The van der Waals surface area contributed by atoms with E-state index in [0.717, 1.165) is 44.9 Å². The Balaban J connectivity index is 1.15. The molecule has 2 heterocycles. The predicted molar refractivity (Wildman–Crippen MR) is 161 cm³/mol. The van der Waals surface area contributed by atoms with Crippen LogP contribution in [0.1, 0.15) is 106 Å². The lowest BCUT2D eigenvalue weighted by molar-refractivity contribution is -0.306. The van der Waals surface area contributed by atoms with Crippen LogP contribution in [-0.2, 0) is 14.2 Å². The standard InChI is InChI=1S/C35H58O9/c1-29(2)22(43-28-25(40)24(39)20(38)16-42-28)9-11-35-17-34(35)13-12-31(5)27(33(7)10-8-23(44-33)30(3,4)41)19(37)15-32(31,6)21(34)14-18(36)26(29)35/h18-28,36-41H,8-17H2,1-7H3/t18-,19?,20+,21?,22?,23?,24?,25+,26-,27?,28?,31?,32-,33+,34?,35?/m0/s1. The van der Waals surface area contributed by atoms with Gasteiger partial charge < -0.3 is 44.8 Å². The van der Waals surface area contributed by atoms with E-state index in [1.165, 1.54) is 0 Å². The van der Waals surface area contributed by atoms with E-state index in [9.17, 15) is 30.6 Å². The summed E-state index contributed by atoms with van der Waals surface area (Å²) >= 11 is 0. The number of hydrogen-bond donors (Lipinski definition) is 6. The third kappa shape index (κ3) is 3.97. The fraction of sp³-hybridized carbons (Fsp3) is 1.00. The van der Waals surface area contributed by atoms with E-state index in [-0.39, 0.29) is 52.3 Å². The van der Waals surface area contributed by atoms with Crippen LogP contribution >= 0.6 is 0 Å². The Morgan fingerprint density at radius 1 is 0.750 bits per heavy atom. The summed E-state index contributed by atoms with van der Waals surface area (Å²) in [6, 6.07) is 0. The molecule has 2 saturated heterocycles. The Bertz CT molecular complexity index is 1160. The third-order valence-corrected chi connectivity index (χ3v) is 15.5. The van der Waals surface area contributed by atoms with Crippen molar-refractivity contribution < 1.29 is 44.8 Å². The van der Waals surface area contributed by atoms with E-state index in [1.54, 1.807) is 0 Å². The summed E-state index contributed by atoms with van der Waals surface area (Å²) in [6.07, 6.45) is 1.57. The quantitative estimate of drug-likeness (QED) is 0.260. The summed E-state index contributed by atoms with van der Waals surface area (Å²) in [4.78, 5) is 0. The van der Waals surface area contributed by atoms with Gasteiger partial charge >= 0.3 is 0 Å². The maximum absolute atomic E-state index is 12.1. The first-order chi connectivity index (χ1) is 20.3. The Labute approximate surface area is 262 Å². The molecule has 0 aromatic rings. The van der Waals surface area contributed by atoms with Crippen molar-refractivity contribution in [2.45, 2.75) is 166 Å². The first-order valence-electron chi connectivity index (χ1n) is 17.4. The molecular weight excluding hydrogens is 564 g/mol. The molecule has 7 aliphatic rings. The predicted octanol–water partition coefficient (Wildman–Crippen LogP) is 2.90. The number of ether oxygens (including phenoxy) is 3. The van der Waals surface area contributed by atoms with Crippen molar-refractivity contribution in [2.75, 3.05) is 6.61 Å². The fourth-order valence-electron chi connectivity index (χ4n) is 13.4. The monoisotopic (exact) mass is 622 g/mol. The molecule has 2 spiro atoms. The zero-order valence-electron chi connectivity index (χ0n) is 27.8. The topological polar surface area (TPSA) is 149 Å². The molecule has 5 aliphatic carbocycles. The number of rotatable bonds is 4. The summed E-state index contributed by atoms with van der Waals surface area (Å²) in [5.41, 5.74) is -2.01. The van der Waals surface area contributed by atoms with Crippen LogP contribution in [-0.4, -0.2) is 97.5 Å². The van der Waals surface area contributed by atoms with Crippen molar-refractivity contribution in [1.29, 1.82) is 0 Å². The molecule has 252 valence electrons. The van der Waals surface area contributed by atoms with Crippen molar-refractivity contribution in [3.8, 4) is 0 Å². The fourth-order valence-corrected chi connectivity index (χ4v) is 13.4. The van der Waals surface area contributed by atoms with Crippen LogP contribution in [0.15, 0.2) is 0 Å². The molecule has 0 amide bonds. The Morgan fingerprint density at radius 2 is 1.45 bits per heavy atom. The lowest BCUT2D eigenvalue weighted by Crippen LogP contribution is -2.63. The second kappa shape index (κ2) is 9.63. The van der Waals surface area contributed by atoms with Gasteiger partial charge in [0.25, 0.3) is 0 Å². The lowest BCUT2D eigenvalue weighted by Gasteiger charge is -2.64. The molecule has 7 rings (SSSR count). The van der Waals surface area contributed by atoms with E-state index in [1.807, 2.05) is 13.8 Å². The van der Waals surface area contributed by atoms with Crippen LogP contribution in [0.2, 0.25) is 0 Å². The highest BCUT2D eigenvalue weighted by Gasteiger charge is 2.85. The van der Waals surface area contributed by atoms with Gasteiger partial charge in [0.15, 0.2) is 6.29 Å². The molecule has 9 nitrogen and oxygen atoms in total. The molecule has 0 bridgehead atoms. The molecule has 5 saturated carbocycles. The van der Waals surface area contributed by atoms with Crippen LogP contribution < -0.4 is 0 Å². The average molecular weight is 623 g/mol. The SMILES string of the molecule is CC(C)(O)C1CC[C@](C)(C2C(O)C[C@@]3(C)C4C[C@H](O)[C@H]5C(C)(C)C(OC6OC[C@@H](O)C(O)[C@H]6O)CCC56CC46CCC23C)O1. The van der Waals surface area contributed by atoms with Gasteiger partial charge in [-0.25, -0.2) is 0 Å². The van der Waals surface area contributed by atoms with Crippen LogP contribution in [0.5, 0.6) is 0 Å². The van der Waals surface area contributed by atoms with Crippen LogP contribution in [0, 0.1) is 44.8 Å². The van der Waals surface area contributed by atoms with Crippen LogP contribution in [0.3, 0.4) is 0 Å². The van der Waals surface area contributed by atoms with E-state index < -0.39 is 53.4 Å². The van der Waals surface area contributed by atoms with Crippen molar-refractivity contribution >= 4 is 0 Å². The van der Waals surface area contributed by atoms with Crippen LogP contribution in [0.4, 0.5) is 0 Å². The molecule has 6 N–H and O–H groups in total. The summed E-state index contributed by atoms with van der Waals surface area (Å²) < 4.78 is 18.7.